The maximum Gasteiger partial charge on any atom is 0.320 e. The Morgan fingerprint density at radius 1 is 0.926 bits per heavy atom. The van der Waals surface area contributed by atoms with Crippen molar-refractivity contribution in [3.63, 3.8) is 0 Å². The lowest BCUT2D eigenvalue weighted by atomic mass is 9.97. The van der Waals surface area contributed by atoms with Crippen LogP contribution < -0.4 is 10.1 Å². The van der Waals surface area contributed by atoms with Crippen LogP contribution in [0.25, 0.3) is 0 Å². The van der Waals surface area contributed by atoms with Crippen molar-refractivity contribution < 1.29 is 24.5 Å². The second kappa shape index (κ2) is 9.73. The number of aliphatic carboxylic acids is 2. The van der Waals surface area contributed by atoms with Crippen molar-refractivity contribution in [1.82, 2.24) is 5.32 Å². The number of ether oxygens (including phenoxy) is 1. The van der Waals surface area contributed by atoms with Crippen molar-refractivity contribution in [2.24, 2.45) is 5.92 Å². The van der Waals surface area contributed by atoms with E-state index in [0.29, 0.717) is 23.5 Å². The molecule has 2 unspecified atom stereocenters. The van der Waals surface area contributed by atoms with Gasteiger partial charge in [-0.05, 0) is 42.2 Å². The van der Waals surface area contributed by atoms with Crippen LogP contribution in [0.5, 0.6) is 11.5 Å². The van der Waals surface area contributed by atoms with E-state index < -0.39 is 23.9 Å². The van der Waals surface area contributed by atoms with Gasteiger partial charge in [0.05, 0.1) is 5.92 Å². The molecule has 0 saturated heterocycles. The summed E-state index contributed by atoms with van der Waals surface area (Å²) in [4.78, 5) is 23.0. The van der Waals surface area contributed by atoms with Gasteiger partial charge in [0.1, 0.15) is 17.5 Å². The van der Waals surface area contributed by atoms with Gasteiger partial charge in [0.25, 0.3) is 0 Å². The van der Waals surface area contributed by atoms with Crippen LogP contribution in [0.2, 0.25) is 0 Å². The molecule has 0 saturated carbocycles. The molecule has 0 radical (unpaired) electrons. The van der Waals surface area contributed by atoms with E-state index >= 15 is 0 Å². The van der Waals surface area contributed by atoms with Crippen molar-refractivity contribution in [2.75, 3.05) is 6.54 Å². The molecule has 0 heterocycles. The molecule has 2 aromatic carbocycles. The van der Waals surface area contributed by atoms with E-state index in [-0.39, 0.29) is 12.5 Å². The number of hydrogen-bond donors (Lipinski definition) is 3. The summed E-state index contributed by atoms with van der Waals surface area (Å²) in [5.41, 5.74) is 0.587. The molecular formula is C21H25NO5. The standard InChI is InChI=1S/C21H25NO5/c1-14(2)12-19(21(25)26)22-13-18(20(23)24)15-8-10-17(11-9-15)27-16-6-4-3-5-7-16/h3-11,14,18-19,22H,12-13H2,1-2H3,(H,23,24)(H,25,26). The van der Waals surface area contributed by atoms with Crippen LogP contribution in [-0.4, -0.2) is 34.7 Å². The fourth-order valence-corrected chi connectivity index (χ4v) is 2.74. The SMILES string of the molecule is CC(C)CC(NCC(C(=O)O)c1ccc(Oc2ccccc2)cc1)C(=O)O. The first-order chi connectivity index (χ1) is 12.9. The number of carboxylic acids is 2. The first-order valence-corrected chi connectivity index (χ1v) is 8.88. The van der Waals surface area contributed by atoms with Crippen LogP contribution in [0.1, 0.15) is 31.7 Å². The van der Waals surface area contributed by atoms with Gasteiger partial charge in [0.2, 0.25) is 0 Å². The molecule has 6 nitrogen and oxygen atoms in total. The Morgan fingerprint density at radius 3 is 2.04 bits per heavy atom. The van der Waals surface area contributed by atoms with E-state index in [1.165, 1.54) is 0 Å². The number of para-hydroxylation sites is 1. The van der Waals surface area contributed by atoms with Gasteiger partial charge in [-0.3, -0.25) is 9.59 Å². The topological polar surface area (TPSA) is 95.9 Å². The Labute approximate surface area is 158 Å². The Bertz CT molecular complexity index is 743. The van der Waals surface area contributed by atoms with Crippen molar-refractivity contribution in [2.45, 2.75) is 32.2 Å². The highest BCUT2D eigenvalue weighted by molar-refractivity contribution is 5.77. The van der Waals surface area contributed by atoms with Gasteiger partial charge < -0.3 is 20.3 Å². The molecule has 2 atom stereocenters. The van der Waals surface area contributed by atoms with Gasteiger partial charge in [-0.1, -0.05) is 44.2 Å². The number of rotatable bonds is 10. The summed E-state index contributed by atoms with van der Waals surface area (Å²) in [7, 11) is 0. The first kappa shape index (κ1) is 20.5. The minimum Gasteiger partial charge on any atom is -0.481 e. The molecule has 2 rings (SSSR count). The van der Waals surface area contributed by atoms with Crippen LogP contribution in [0.3, 0.4) is 0 Å². The van der Waals surface area contributed by atoms with E-state index in [4.69, 9.17) is 4.74 Å². The summed E-state index contributed by atoms with van der Waals surface area (Å²) in [5.74, 6) is -1.33. The van der Waals surface area contributed by atoms with Gasteiger partial charge in [-0.2, -0.15) is 0 Å². The van der Waals surface area contributed by atoms with Gasteiger partial charge in [-0.15, -0.1) is 0 Å². The highest BCUT2D eigenvalue weighted by Gasteiger charge is 2.24. The molecule has 27 heavy (non-hydrogen) atoms. The number of carbonyl (C=O) groups is 2. The Hall–Kier alpha value is -2.86. The molecular weight excluding hydrogens is 346 g/mol. The first-order valence-electron chi connectivity index (χ1n) is 8.88. The zero-order valence-electron chi connectivity index (χ0n) is 15.5. The van der Waals surface area contributed by atoms with Crippen LogP contribution in [0.15, 0.2) is 54.6 Å². The highest BCUT2D eigenvalue weighted by Crippen LogP contribution is 2.24. The predicted octanol–water partition coefficient (Wildman–Crippen LogP) is 3.74. The molecule has 0 aromatic heterocycles. The van der Waals surface area contributed by atoms with Crippen LogP contribution >= 0.6 is 0 Å². The molecule has 0 aliphatic heterocycles. The zero-order valence-corrected chi connectivity index (χ0v) is 15.5. The summed E-state index contributed by atoms with van der Waals surface area (Å²) in [6, 6.07) is 15.3. The molecule has 3 N–H and O–H groups in total. The van der Waals surface area contributed by atoms with E-state index in [2.05, 4.69) is 5.32 Å². The molecule has 0 spiro atoms. The molecule has 2 aromatic rings. The average molecular weight is 371 g/mol. The van der Waals surface area contributed by atoms with Crippen LogP contribution in [0.4, 0.5) is 0 Å². The average Bonchev–Trinajstić information content (AvgIpc) is 2.62. The fraction of sp³-hybridized carbons (Fsp3) is 0.333. The fourth-order valence-electron chi connectivity index (χ4n) is 2.74. The van der Waals surface area contributed by atoms with Crippen LogP contribution in [-0.2, 0) is 9.59 Å². The summed E-state index contributed by atoms with van der Waals surface area (Å²) >= 11 is 0. The Morgan fingerprint density at radius 2 is 1.52 bits per heavy atom. The maximum absolute atomic E-state index is 11.7. The summed E-state index contributed by atoms with van der Waals surface area (Å²) in [5, 5.41) is 21.7. The lowest BCUT2D eigenvalue weighted by Gasteiger charge is -2.20. The Kier molecular flexibility index (Phi) is 7.37. The lowest BCUT2D eigenvalue weighted by molar-refractivity contribution is -0.142. The number of hydrogen-bond acceptors (Lipinski definition) is 4. The normalized spacial score (nSPS) is 13.1. The highest BCUT2D eigenvalue weighted by atomic mass is 16.5. The minimum atomic E-state index is -1.01. The third kappa shape index (κ3) is 6.42. The van der Waals surface area contributed by atoms with Crippen molar-refractivity contribution in [1.29, 1.82) is 0 Å². The summed E-state index contributed by atoms with van der Waals surface area (Å²) in [6.07, 6.45) is 0.436. The van der Waals surface area contributed by atoms with Gasteiger partial charge in [-0.25, -0.2) is 0 Å². The number of carboxylic acid groups (broad SMARTS) is 2. The molecule has 0 bridgehead atoms. The Balaban J connectivity index is 2.05. The number of benzene rings is 2. The molecule has 0 fully saturated rings. The minimum absolute atomic E-state index is 0.0396. The molecule has 0 aliphatic carbocycles. The zero-order chi connectivity index (χ0) is 19.8. The quantitative estimate of drug-likeness (QED) is 0.589. The molecule has 0 aliphatic rings. The third-order valence-electron chi connectivity index (χ3n) is 4.13. The van der Waals surface area contributed by atoms with E-state index in [1.807, 2.05) is 44.2 Å². The van der Waals surface area contributed by atoms with Gasteiger partial charge in [0, 0.05) is 6.54 Å². The van der Waals surface area contributed by atoms with Gasteiger partial charge >= 0.3 is 11.9 Å². The monoisotopic (exact) mass is 371 g/mol. The number of nitrogens with one attached hydrogen (secondary N) is 1. The van der Waals surface area contributed by atoms with Crippen molar-refractivity contribution in [3.8, 4) is 11.5 Å². The van der Waals surface area contributed by atoms with Crippen molar-refractivity contribution >= 4 is 11.9 Å². The van der Waals surface area contributed by atoms with Crippen LogP contribution in [0, 0.1) is 5.92 Å². The molecule has 0 amide bonds. The summed E-state index contributed by atoms with van der Waals surface area (Å²) in [6.45, 7) is 3.90. The second-order valence-electron chi connectivity index (χ2n) is 6.80. The molecule has 6 heteroatoms. The lowest BCUT2D eigenvalue weighted by Crippen LogP contribution is -2.41. The smallest absolute Gasteiger partial charge is 0.320 e. The van der Waals surface area contributed by atoms with Crippen molar-refractivity contribution in [3.05, 3.63) is 60.2 Å². The van der Waals surface area contributed by atoms with E-state index in [9.17, 15) is 19.8 Å². The predicted molar refractivity (Wildman–Crippen MR) is 102 cm³/mol. The van der Waals surface area contributed by atoms with E-state index in [1.54, 1.807) is 24.3 Å². The molecule has 144 valence electrons. The van der Waals surface area contributed by atoms with E-state index in [0.717, 1.165) is 0 Å². The second-order valence-corrected chi connectivity index (χ2v) is 6.80. The largest absolute Gasteiger partial charge is 0.481 e. The maximum atomic E-state index is 11.7. The van der Waals surface area contributed by atoms with Gasteiger partial charge in [0.15, 0.2) is 0 Å². The third-order valence-corrected chi connectivity index (χ3v) is 4.13. The summed E-state index contributed by atoms with van der Waals surface area (Å²) < 4.78 is 5.71.